The Morgan fingerprint density at radius 1 is 1.10 bits per heavy atom. The van der Waals surface area contributed by atoms with Gasteiger partial charge in [-0.2, -0.15) is 0 Å². The Bertz CT molecular complexity index is 997. The minimum Gasteiger partial charge on any atom is -0.497 e. The molecule has 2 heterocycles. The van der Waals surface area contributed by atoms with Gasteiger partial charge < -0.3 is 14.8 Å². The lowest BCUT2D eigenvalue weighted by Crippen LogP contribution is -2.52. The van der Waals surface area contributed by atoms with Gasteiger partial charge in [-0.1, -0.05) is 24.3 Å². The monoisotopic (exact) mass is 407 g/mol. The third kappa shape index (κ3) is 4.38. The van der Waals surface area contributed by atoms with Gasteiger partial charge in [-0.05, 0) is 55.2 Å². The number of fused-ring (bicyclic) bond motifs is 1. The van der Waals surface area contributed by atoms with Gasteiger partial charge in [0, 0.05) is 62.0 Å². The van der Waals surface area contributed by atoms with Crippen molar-refractivity contribution in [3.05, 3.63) is 64.8 Å². The molecule has 0 amide bonds. The summed E-state index contributed by atoms with van der Waals surface area (Å²) in [7, 11) is 1.71. The van der Waals surface area contributed by atoms with Gasteiger partial charge in [0.05, 0.1) is 7.11 Å². The maximum atomic E-state index is 9.66. The number of benzene rings is 2. The number of rotatable bonds is 7. The molecule has 30 heavy (non-hydrogen) atoms. The van der Waals surface area contributed by atoms with Crippen molar-refractivity contribution in [3.8, 4) is 5.75 Å². The van der Waals surface area contributed by atoms with Crippen molar-refractivity contribution in [3.63, 3.8) is 0 Å². The van der Waals surface area contributed by atoms with Crippen molar-refractivity contribution in [2.75, 3.05) is 33.4 Å². The minimum atomic E-state index is 0.230. The van der Waals surface area contributed by atoms with Crippen LogP contribution in [0.5, 0.6) is 5.75 Å². The summed E-state index contributed by atoms with van der Waals surface area (Å²) in [4.78, 5) is 8.66. The molecule has 4 rings (SSSR count). The molecule has 2 aromatic carbocycles. The van der Waals surface area contributed by atoms with E-state index in [1.54, 1.807) is 7.11 Å². The Morgan fingerprint density at radius 3 is 2.70 bits per heavy atom. The molecule has 1 saturated heterocycles. The summed E-state index contributed by atoms with van der Waals surface area (Å²) in [6, 6.07) is 15.2. The summed E-state index contributed by atoms with van der Waals surface area (Å²) >= 11 is 0. The molecule has 1 aliphatic rings. The molecule has 1 aromatic heterocycles. The number of aromatic nitrogens is 1. The number of hydrogen-bond donors (Lipinski definition) is 2. The number of piperazine rings is 1. The van der Waals surface area contributed by atoms with E-state index in [1.165, 1.54) is 27.8 Å². The number of nitrogens with zero attached hydrogens (tertiary/aromatic N) is 2. The number of H-pyrrole nitrogens is 1. The van der Waals surface area contributed by atoms with E-state index in [-0.39, 0.29) is 6.61 Å². The number of ether oxygens (including phenoxy) is 1. The van der Waals surface area contributed by atoms with Crippen molar-refractivity contribution >= 4 is 10.9 Å². The van der Waals surface area contributed by atoms with Crippen LogP contribution in [0.4, 0.5) is 0 Å². The van der Waals surface area contributed by atoms with Crippen molar-refractivity contribution in [1.29, 1.82) is 0 Å². The van der Waals surface area contributed by atoms with Crippen LogP contribution in [0, 0.1) is 13.8 Å². The van der Waals surface area contributed by atoms with Crippen molar-refractivity contribution < 1.29 is 9.84 Å². The fourth-order valence-corrected chi connectivity index (χ4v) is 4.61. The topological polar surface area (TPSA) is 51.7 Å². The second kappa shape index (κ2) is 9.21. The molecule has 1 unspecified atom stereocenters. The molecule has 5 nitrogen and oxygen atoms in total. The zero-order valence-electron chi connectivity index (χ0n) is 18.3. The molecule has 1 fully saturated rings. The van der Waals surface area contributed by atoms with Gasteiger partial charge in [0.2, 0.25) is 0 Å². The molecule has 0 saturated carbocycles. The largest absolute Gasteiger partial charge is 0.497 e. The summed E-state index contributed by atoms with van der Waals surface area (Å²) in [5.74, 6) is 0.893. The van der Waals surface area contributed by atoms with Crippen LogP contribution < -0.4 is 4.74 Å². The first kappa shape index (κ1) is 20.9. The van der Waals surface area contributed by atoms with Crippen LogP contribution in [0.15, 0.2) is 42.5 Å². The highest BCUT2D eigenvalue weighted by Crippen LogP contribution is 2.27. The molecular formula is C25H33N3O2. The normalized spacial score (nSPS) is 18.2. The van der Waals surface area contributed by atoms with E-state index in [9.17, 15) is 5.11 Å². The lowest BCUT2D eigenvalue weighted by atomic mass is 10.0. The highest BCUT2D eigenvalue weighted by atomic mass is 16.5. The molecule has 0 bridgehead atoms. The van der Waals surface area contributed by atoms with E-state index in [0.717, 1.165) is 50.4 Å². The Hall–Kier alpha value is -2.34. The van der Waals surface area contributed by atoms with E-state index in [1.807, 2.05) is 6.07 Å². The van der Waals surface area contributed by atoms with Gasteiger partial charge in [-0.15, -0.1) is 0 Å². The standard InChI is InChI=1S/C25H33N3O2/c1-18-6-4-5-7-20(18)15-28-12-11-27(16-21(28)10-13-29)17-25-19(2)23-14-22(30-3)8-9-24(23)26-25/h4-9,14,21,26,29H,10-13,15-17H2,1-3H3. The second-order valence-corrected chi connectivity index (χ2v) is 8.44. The number of hydrogen-bond acceptors (Lipinski definition) is 4. The van der Waals surface area contributed by atoms with E-state index in [0.29, 0.717) is 6.04 Å². The first-order valence-corrected chi connectivity index (χ1v) is 10.9. The van der Waals surface area contributed by atoms with Gasteiger partial charge >= 0.3 is 0 Å². The van der Waals surface area contributed by atoms with Crippen LogP contribution in [0.2, 0.25) is 0 Å². The number of aryl methyl sites for hydroxylation is 2. The molecule has 3 aromatic rings. The summed E-state index contributed by atoms with van der Waals surface area (Å²) in [6.45, 7) is 9.49. The van der Waals surface area contributed by atoms with E-state index >= 15 is 0 Å². The molecule has 160 valence electrons. The van der Waals surface area contributed by atoms with Crippen LogP contribution >= 0.6 is 0 Å². The number of methoxy groups -OCH3 is 1. The summed E-state index contributed by atoms with van der Waals surface area (Å²) in [6.07, 6.45) is 0.811. The van der Waals surface area contributed by atoms with Crippen LogP contribution in [0.1, 0.15) is 28.8 Å². The fraction of sp³-hybridized carbons (Fsp3) is 0.440. The van der Waals surface area contributed by atoms with E-state index in [4.69, 9.17) is 4.74 Å². The van der Waals surface area contributed by atoms with Gasteiger partial charge in [0.25, 0.3) is 0 Å². The predicted octanol–water partition coefficient (Wildman–Crippen LogP) is 3.86. The van der Waals surface area contributed by atoms with E-state index < -0.39 is 0 Å². The highest BCUT2D eigenvalue weighted by Gasteiger charge is 2.27. The highest BCUT2D eigenvalue weighted by molar-refractivity contribution is 5.85. The molecule has 2 N–H and O–H groups in total. The molecule has 1 aliphatic heterocycles. The average molecular weight is 408 g/mol. The number of nitrogens with one attached hydrogen (secondary N) is 1. The van der Waals surface area contributed by atoms with Gasteiger partial charge in [0.1, 0.15) is 5.75 Å². The smallest absolute Gasteiger partial charge is 0.119 e. The maximum absolute atomic E-state index is 9.66. The van der Waals surface area contributed by atoms with Crippen molar-refractivity contribution in [2.45, 2.75) is 39.4 Å². The van der Waals surface area contributed by atoms with Crippen molar-refractivity contribution in [2.24, 2.45) is 0 Å². The first-order chi connectivity index (χ1) is 14.6. The number of aliphatic hydroxyl groups excluding tert-OH is 1. The quantitative estimate of drug-likeness (QED) is 0.624. The fourth-order valence-electron chi connectivity index (χ4n) is 4.61. The average Bonchev–Trinajstić information content (AvgIpc) is 3.06. The predicted molar refractivity (Wildman–Crippen MR) is 122 cm³/mol. The van der Waals surface area contributed by atoms with Crippen LogP contribution in [-0.2, 0) is 13.1 Å². The van der Waals surface area contributed by atoms with Crippen molar-refractivity contribution in [1.82, 2.24) is 14.8 Å². The number of aliphatic hydroxyl groups is 1. The second-order valence-electron chi connectivity index (χ2n) is 8.44. The van der Waals surface area contributed by atoms with Crippen LogP contribution in [0.3, 0.4) is 0 Å². The lowest BCUT2D eigenvalue weighted by Gasteiger charge is -2.41. The molecule has 0 spiro atoms. The maximum Gasteiger partial charge on any atom is 0.119 e. The third-order valence-electron chi connectivity index (χ3n) is 6.54. The molecule has 0 radical (unpaired) electrons. The Morgan fingerprint density at radius 2 is 1.93 bits per heavy atom. The van der Waals surface area contributed by atoms with E-state index in [2.05, 4.69) is 65.0 Å². The van der Waals surface area contributed by atoms with Crippen LogP contribution in [-0.4, -0.2) is 59.3 Å². The van der Waals surface area contributed by atoms with Gasteiger partial charge in [-0.3, -0.25) is 9.80 Å². The third-order valence-corrected chi connectivity index (χ3v) is 6.54. The zero-order valence-corrected chi connectivity index (χ0v) is 18.3. The summed E-state index contributed by atoms with van der Waals surface area (Å²) < 4.78 is 5.39. The SMILES string of the molecule is COc1ccc2[nH]c(CN3CCN(Cc4ccccc4C)C(CCO)C3)c(C)c2c1. The molecule has 0 aliphatic carbocycles. The lowest BCUT2D eigenvalue weighted by molar-refractivity contribution is 0.0493. The summed E-state index contributed by atoms with van der Waals surface area (Å²) in [5, 5.41) is 10.9. The Kier molecular flexibility index (Phi) is 6.42. The molecular weight excluding hydrogens is 374 g/mol. The Labute approximate surface area is 179 Å². The first-order valence-electron chi connectivity index (χ1n) is 10.9. The van der Waals surface area contributed by atoms with Gasteiger partial charge in [0.15, 0.2) is 0 Å². The molecule has 1 atom stereocenters. The zero-order chi connectivity index (χ0) is 21.1. The molecule has 5 heteroatoms. The van der Waals surface area contributed by atoms with Gasteiger partial charge in [-0.25, -0.2) is 0 Å². The minimum absolute atomic E-state index is 0.230. The summed E-state index contributed by atoms with van der Waals surface area (Å²) in [5.41, 5.74) is 6.45. The number of aromatic amines is 1. The Balaban J connectivity index is 1.47. The van der Waals surface area contributed by atoms with Crippen LogP contribution in [0.25, 0.3) is 10.9 Å².